The van der Waals surface area contributed by atoms with Crippen LogP contribution in [-0.4, -0.2) is 23.9 Å². The maximum absolute atomic E-state index is 5.66. The van der Waals surface area contributed by atoms with Gasteiger partial charge in [-0.2, -0.15) is 0 Å². The van der Waals surface area contributed by atoms with Crippen molar-refractivity contribution in [2.75, 3.05) is 19.0 Å². The van der Waals surface area contributed by atoms with Gasteiger partial charge in [0, 0.05) is 19.0 Å². The summed E-state index contributed by atoms with van der Waals surface area (Å²) in [5.41, 5.74) is 3.12. The number of nitrogens with zero attached hydrogens (tertiary/aromatic N) is 2. The molecule has 1 N–H and O–H groups in total. The Hall–Kier alpha value is -2.10. The van der Waals surface area contributed by atoms with Crippen molar-refractivity contribution in [2.24, 2.45) is 0 Å². The van der Waals surface area contributed by atoms with E-state index in [1.807, 2.05) is 31.3 Å². The number of para-hydroxylation sites is 1. The molecule has 4 nitrogen and oxygen atoms in total. The largest absolute Gasteiger partial charge is 0.492 e. The Morgan fingerprint density at radius 3 is 2.88 bits per heavy atom. The SMILES string of the molecule is CNc1ccc(-c2cccc3c2OCC3)nn1. The topological polar surface area (TPSA) is 47.0 Å². The number of benzene rings is 1. The molecule has 1 aromatic heterocycles. The Balaban J connectivity index is 2.06. The van der Waals surface area contributed by atoms with Crippen LogP contribution in [0, 0.1) is 0 Å². The van der Waals surface area contributed by atoms with Gasteiger partial charge in [0.05, 0.1) is 12.3 Å². The molecule has 0 saturated heterocycles. The molecule has 3 rings (SSSR count). The van der Waals surface area contributed by atoms with Crippen molar-refractivity contribution in [3.8, 4) is 17.0 Å². The molecule has 0 atom stereocenters. The highest BCUT2D eigenvalue weighted by Gasteiger charge is 2.17. The summed E-state index contributed by atoms with van der Waals surface area (Å²) in [4.78, 5) is 0. The predicted molar refractivity (Wildman–Crippen MR) is 66.2 cm³/mol. The highest BCUT2D eigenvalue weighted by atomic mass is 16.5. The number of rotatable bonds is 2. The zero-order valence-electron chi connectivity index (χ0n) is 9.60. The van der Waals surface area contributed by atoms with Gasteiger partial charge in [-0.25, -0.2) is 0 Å². The highest BCUT2D eigenvalue weighted by molar-refractivity contribution is 5.70. The van der Waals surface area contributed by atoms with Gasteiger partial charge in [-0.3, -0.25) is 0 Å². The fourth-order valence-electron chi connectivity index (χ4n) is 2.03. The van der Waals surface area contributed by atoms with Crippen LogP contribution in [0.2, 0.25) is 0 Å². The summed E-state index contributed by atoms with van der Waals surface area (Å²) < 4.78 is 5.66. The number of fused-ring (bicyclic) bond motifs is 1. The van der Waals surface area contributed by atoms with Gasteiger partial charge in [0.25, 0.3) is 0 Å². The lowest BCUT2D eigenvalue weighted by molar-refractivity contribution is 0.358. The minimum atomic E-state index is 0.758. The molecule has 17 heavy (non-hydrogen) atoms. The molecule has 0 amide bonds. The summed E-state index contributed by atoms with van der Waals surface area (Å²) >= 11 is 0. The van der Waals surface area contributed by atoms with E-state index in [4.69, 9.17) is 4.74 Å². The summed E-state index contributed by atoms with van der Waals surface area (Å²) in [7, 11) is 1.83. The van der Waals surface area contributed by atoms with Crippen molar-refractivity contribution < 1.29 is 4.74 Å². The number of anilines is 1. The van der Waals surface area contributed by atoms with E-state index in [0.717, 1.165) is 35.9 Å². The molecule has 0 unspecified atom stereocenters. The van der Waals surface area contributed by atoms with Gasteiger partial charge in [-0.05, 0) is 23.8 Å². The smallest absolute Gasteiger partial charge is 0.148 e. The number of aromatic nitrogens is 2. The van der Waals surface area contributed by atoms with Gasteiger partial charge in [-0.15, -0.1) is 10.2 Å². The summed E-state index contributed by atoms with van der Waals surface area (Å²) in [5, 5.41) is 11.2. The molecular weight excluding hydrogens is 214 g/mol. The van der Waals surface area contributed by atoms with E-state index < -0.39 is 0 Å². The molecule has 0 aliphatic carbocycles. The Morgan fingerprint density at radius 1 is 1.18 bits per heavy atom. The third-order valence-corrected chi connectivity index (χ3v) is 2.91. The van der Waals surface area contributed by atoms with Crippen LogP contribution in [0.3, 0.4) is 0 Å². The van der Waals surface area contributed by atoms with E-state index in [-0.39, 0.29) is 0 Å². The van der Waals surface area contributed by atoms with Gasteiger partial charge in [-0.1, -0.05) is 12.1 Å². The van der Waals surface area contributed by atoms with Gasteiger partial charge in [0.2, 0.25) is 0 Å². The third kappa shape index (κ3) is 1.71. The van der Waals surface area contributed by atoms with Gasteiger partial charge in [0.15, 0.2) is 0 Å². The lowest BCUT2D eigenvalue weighted by Crippen LogP contribution is -1.96. The Labute approximate surface area is 99.6 Å². The second-order valence-corrected chi connectivity index (χ2v) is 3.95. The van der Waals surface area contributed by atoms with E-state index in [2.05, 4.69) is 21.6 Å². The highest BCUT2D eigenvalue weighted by Crippen LogP contribution is 2.35. The van der Waals surface area contributed by atoms with Crippen molar-refractivity contribution in [2.45, 2.75) is 6.42 Å². The van der Waals surface area contributed by atoms with E-state index in [9.17, 15) is 0 Å². The number of nitrogens with one attached hydrogen (secondary N) is 1. The van der Waals surface area contributed by atoms with Crippen LogP contribution in [0.1, 0.15) is 5.56 Å². The lowest BCUT2D eigenvalue weighted by atomic mass is 10.1. The third-order valence-electron chi connectivity index (χ3n) is 2.91. The molecule has 4 heteroatoms. The van der Waals surface area contributed by atoms with Crippen molar-refractivity contribution in [3.63, 3.8) is 0 Å². The monoisotopic (exact) mass is 227 g/mol. The lowest BCUT2D eigenvalue weighted by Gasteiger charge is -2.07. The van der Waals surface area contributed by atoms with Crippen LogP contribution in [-0.2, 0) is 6.42 Å². The standard InChI is InChI=1S/C13H13N3O/c1-14-12-6-5-11(15-16-12)10-4-2-3-9-7-8-17-13(9)10/h2-6H,7-8H2,1H3,(H,14,16). The van der Waals surface area contributed by atoms with Gasteiger partial charge >= 0.3 is 0 Å². The second-order valence-electron chi connectivity index (χ2n) is 3.95. The molecule has 0 bridgehead atoms. The quantitative estimate of drug-likeness (QED) is 0.853. The van der Waals surface area contributed by atoms with Crippen molar-refractivity contribution >= 4 is 5.82 Å². The van der Waals surface area contributed by atoms with Crippen molar-refractivity contribution in [3.05, 3.63) is 35.9 Å². The summed E-state index contributed by atoms with van der Waals surface area (Å²) in [6.07, 6.45) is 0.977. The number of hydrogen-bond acceptors (Lipinski definition) is 4. The maximum atomic E-state index is 5.66. The normalized spacial score (nSPS) is 13.0. The van der Waals surface area contributed by atoms with E-state index in [1.165, 1.54) is 5.56 Å². The fourth-order valence-corrected chi connectivity index (χ4v) is 2.03. The van der Waals surface area contributed by atoms with Crippen LogP contribution in [0.15, 0.2) is 30.3 Å². The predicted octanol–water partition coefficient (Wildman–Crippen LogP) is 2.12. The molecule has 0 spiro atoms. The average Bonchev–Trinajstić information content (AvgIpc) is 2.87. The van der Waals surface area contributed by atoms with Crippen LogP contribution >= 0.6 is 0 Å². The molecule has 1 aliphatic heterocycles. The van der Waals surface area contributed by atoms with Gasteiger partial charge < -0.3 is 10.1 Å². The zero-order chi connectivity index (χ0) is 11.7. The molecule has 0 radical (unpaired) electrons. The number of hydrogen-bond donors (Lipinski definition) is 1. The zero-order valence-corrected chi connectivity index (χ0v) is 9.60. The summed E-state index contributed by atoms with van der Waals surface area (Å²) in [5.74, 6) is 1.72. The molecule has 1 aromatic carbocycles. The molecule has 0 saturated carbocycles. The Bertz CT molecular complexity index is 537. The minimum Gasteiger partial charge on any atom is -0.492 e. The molecule has 2 heterocycles. The molecule has 86 valence electrons. The minimum absolute atomic E-state index is 0.758. The first kappa shape index (κ1) is 10.1. The molecule has 1 aliphatic rings. The first-order chi connectivity index (χ1) is 8.38. The van der Waals surface area contributed by atoms with Gasteiger partial charge in [0.1, 0.15) is 11.6 Å². The first-order valence-corrected chi connectivity index (χ1v) is 5.65. The first-order valence-electron chi connectivity index (χ1n) is 5.65. The van der Waals surface area contributed by atoms with Crippen molar-refractivity contribution in [1.82, 2.24) is 10.2 Å². The fraction of sp³-hybridized carbons (Fsp3) is 0.231. The Morgan fingerprint density at radius 2 is 2.12 bits per heavy atom. The summed E-state index contributed by atoms with van der Waals surface area (Å²) in [6, 6.07) is 10.0. The van der Waals surface area contributed by atoms with E-state index in [0.29, 0.717) is 0 Å². The summed E-state index contributed by atoms with van der Waals surface area (Å²) in [6.45, 7) is 0.758. The average molecular weight is 227 g/mol. The molecule has 2 aromatic rings. The molecule has 0 fully saturated rings. The number of ether oxygens (including phenoxy) is 1. The van der Waals surface area contributed by atoms with E-state index >= 15 is 0 Å². The van der Waals surface area contributed by atoms with E-state index in [1.54, 1.807) is 0 Å². The van der Waals surface area contributed by atoms with Crippen LogP contribution < -0.4 is 10.1 Å². The molecular formula is C13H13N3O. The van der Waals surface area contributed by atoms with Crippen LogP contribution in [0.5, 0.6) is 5.75 Å². The maximum Gasteiger partial charge on any atom is 0.148 e. The second kappa shape index (κ2) is 4.05. The van der Waals surface area contributed by atoms with Crippen molar-refractivity contribution in [1.29, 1.82) is 0 Å². The van der Waals surface area contributed by atoms with Crippen LogP contribution in [0.4, 0.5) is 5.82 Å². The van der Waals surface area contributed by atoms with Crippen LogP contribution in [0.25, 0.3) is 11.3 Å². The Kier molecular flexibility index (Phi) is 2.40.